The van der Waals surface area contributed by atoms with Gasteiger partial charge in [-0.2, -0.15) is 0 Å². The third-order valence-electron chi connectivity index (χ3n) is 3.89. The predicted octanol–water partition coefficient (Wildman–Crippen LogP) is 3.82. The average molecular weight is 381 g/mol. The first-order chi connectivity index (χ1) is 11.6. The number of hydrogen-bond donors (Lipinski definition) is 2. The quantitative estimate of drug-likeness (QED) is 0.827. The van der Waals surface area contributed by atoms with Crippen LogP contribution in [0.5, 0.6) is 0 Å². The van der Waals surface area contributed by atoms with Crippen LogP contribution >= 0.6 is 11.6 Å². The minimum atomic E-state index is -3.43. The molecule has 0 radical (unpaired) electrons. The molecular weight excluding hydrogens is 360 g/mol. The van der Waals surface area contributed by atoms with E-state index >= 15 is 0 Å². The van der Waals surface area contributed by atoms with Gasteiger partial charge in [-0.05, 0) is 55.7 Å². The van der Waals surface area contributed by atoms with E-state index in [1.807, 2.05) is 39.0 Å². The van der Waals surface area contributed by atoms with Crippen LogP contribution in [-0.4, -0.2) is 20.6 Å². The smallest absolute Gasteiger partial charge is 0.253 e. The van der Waals surface area contributed by atoms with Gasteiger partial charge in [0, 0.05) is 5.69 Å². The van der Waals surface area contributed by atoms with Crippen LogP contribution in [0.2, 0.25) is 5.02 Å². The molecule has 0 saturated heterocycles. The van der Waals surface area contributed by atoms with Gasteiger partial charge in [-0.25, -0.2) is 8.42 Å². The maximum absolute atomic E-state index is 12.5. The maximum Gasteiger partial charge on any atom is 0.253 e. The molecule has 25 heavy (non-hydrogen) atoms. The number of rotatable bonds is 5. The van der Waals surface area contributed by atoms with E-state index < -0.39 is 10.0 Å². The molecule has 7 heteroatoms. The summed E-state index contributed by atoms with van der Waals surface area (Å²) in [5.41, 5.74) is 3.82. The van der Waals surface area contributed by atoms with Gasteiger partial charge in [0.25, 0.3) is 5.91 Å². The van der Waals surface area contributed by atoms with Crippen LogP contribution in [0.15, 0.2) is 36.4 Å². The van der Waals surface area contributed by atoms with Crippen molar-refractivity contribution in [1.29, 1.82) is 0 Å². The number of benzene rings is 2. The second-order valence-corrected chi connectivity index (χ2v) is 8.26. The number of halogens is 1. The van der Waals surface area contributed by atoms with Crippen LogP contribution in [0.25, 0.3) is 0 Å². The number of hydrogen-bond acceptors (Lipinski definition) is 3. The Labute approximate surface area is 153 Å². The fourth-order valence-electron chi connectivity index (χ4n) is 2.37. The highest BCUT2D eigenvalue weighted by molar-refractivity contribution is 7.92. The SMILES string of the molecule is Cc1ccc(C(C)NC(=O)c2cc(NS(C)(=O)=O)ccc2Cl)cc1C. The Kier molecular flexibility index (Phi) is 5.75. The lowest BCUT2D eigenvalue weighted by atomic mass is 10.0. The van der Waals surface area contributed by atoms with E-state index in [-0.39, 0.29) is 28.2 Å². The number of carbonyl (C=O) groups is 1. The number of nitrogens with one attached hydrogen (secondary N) is 2. The van der Waals surface area contributed by atoms with E-state index in [2.05, 4.69) is 10.0 Å². The second kappa shape index (κ2) is 7.45. The average Bonchev–Trinajstić information content (AvgIpc) is 2.50. The summed E-state index contributed by atoms with van der Waals surface area (Å²) in [7, 11) is -3.43. The molecule has 134 valence electrons. The largest absolute Gasteiger partial charge is 0.345 e. The predicted molar refractivity (Wildman–Crippen MR) is 102 cm³/mol. The molecule has 1 atom stereocenters. The molecular formula is C18H21ClN2O3S. The molecule has 0 aromatic heterocycles. The third-order valence-corrected chi connectivity index (χ3v) is 4.83. The molecule has 2 N–H and O–H groups in total. The Bertz CT molecular complexity index is 911. The molecule has 5 nitrogen and oxygen atoms in total. The molecule has 1 amide bonds. The lowest BCUT2D eigenvalue weighted by Crippen LogP contribution is -2.27. The highest BCUT2D eigenvalue weighted by Crippen LogP contribution is 2.23. The summed E-state index contributed by atoms with van der Waals surface area (Å²) < 4.78 is 25.0. The van der Waals surface area contributed by atoms with Crippen LogP contribution in [-0.2, 0) is 10.0 Å². The number of amides is 1. The van der Waals surface area contributed by atoms with Gasteiger partial charge in [-0.1, -0.05) is 29.8 Å². The summed E-state index contributed by atoms with van der Waals surface area (Å²) in [6, 6.07) is 10.2. The van der Waals surface area contributed by atoms with Gasteiger partial charge in [-0.15, -0.1) is 0 Å². The molecule has 2 aromatic rings. The van der Waals surface area contributed by atoms with Crippen molar-refractivity contribution in [3.8, 4) is 0 Å². The van der Waals surface area contributed by atoms with Crippen molar-refractivity contribution >= 4 is 33.2 Å². The van der Waals surface area contributed by atoms with E-state index in [0.29, 0.717) is 0 Å². The summed E-state index contributed by atoms with van der Waals surface area (Å²) in [4.78, 5) is 12.5. The number of carbonyl (C=O) groups excluding carboxylic acids is 1. The van der Waals surface area contributed by atoms with E-state index in [0.717, 1.165) is 17.4 Å². The zero-order valence-electron chi connectivity index (χ0n) is 14.6. The normalized spacial score (nSPS) is 12.5. The summed E-state index contributed by atoms with van der Waals surface area (Å²) in [5.74, 6) is -0.368. The highest BCUT2D eigenvalue weighted by Gasteiger charge is 2.16. The van der Waals surface area contributed by atoms with Crippen LogP contribution < -0.4 is 10.0 Å². The highest BCUT2D eigenvalue weighted by atomic mass is 35.5. The molecule has 0 aliphatic carbocycles. The summed E-state index contributed by atoms with van der Waals surface area (Å²) in [6.07, 6.45) is 1.04. The first-order valence-electron chi connectivity index (χ1n) is 7.72. The van der Waals surface area contributed by atoms with Crippen molar-refractivity contribution in [2.45, 2.75) is 26.8 Å². The van der Waals surface area contributed by atoms with E-state index in [4.69, 9.17) is 11.6 Å². The molecule has 0 fully saturated rings. The molecule has 0 spiro atoms. The second-order valence-electron chi connectivity index (χ2n) is 6.11. The van der Waals surface area contributed by atoms with Gasteiger partial charge in [0.2, 0.25) is 10.0 Å². The van der Waals surface area contributed by atoms with Crippen molar-refractivity contribution < 1.29 is 13.2 Å². The number of aryl methyl sites for hydroxylation is 2. The number of sulfonamides is 1. The Hall–Kier alpha value is -2.05. The van der Waals surface area contributed by atoms with Gasteiger partial charge < -0.3 is 5.32 Å². The van der Waals surface area contributed by atoms with Crippen molar-refractivity contribution in [2.75, 3.05) is 11.0 Å². The number of anilines is 1. The molecule has 0 saturated carbocycles. The summed E-state index contributed by atoms with van der Waals surface area (Å²) in [5, 5.41) is 3.14. The van der Waals surface area contributed by atoms with Crippen LogP contribution in [0.4, 0.5) is 5.69 Å². The van der Waals surface area contributed by atoms with Gasteiger partial charge in [0.05, 0.1) is 22.9 Å². The molecule has 2 rings (SSSR count). The standard InChI is InChI=1S/C18H21ClN2O3S/c1-11-5-6-14(9-12(11)2)13(3)20-18(22)16-10-15(7-8-17(16)19)21-25(4,23)24/h5-10,13,21H,1-4H3,(H,20,22). The Morgan fingerprint density at radius 3 is 2.36 bits per heavy atom. The minimum Gasteiger partial charge on any atom is -0.345 e. The lowest BCUT2D eigenvalue weighted by Gasteiger charge is -2.17. The third kappa shape index (κ3) is 5.21. The van der Waals surface area contributed by atoms with E-state index in [1.54, 1.807) is 0 Å². The van der Waals surface area contributed by atoms with E-state index in [1.165, 1.54) is 23.8 Å². The fraction of sp³-hybridized carbons (Fsp3) is 0.278. The summed E-state index contributed by atoms with van der Waals surface area (Å²) >= 11 is 6.10. The van der Waals surface area contributed by atoms with Crippen molar-refractivity contribution in [2.24, 2.45) is 0 Å². The van der Waals surface area contributed by atoms with Crippen LogP contribution in [0, 0.1) is 13.8 Å². The minimum absolute atomic E-state index is 0.214. The molecule has 0 bridgehead atoms. The Morgan fingerprint density at radius 1 is 1.08 bits per heavy atom. The molecule has 0 heterocycles. The molecule has 0 aliphatic rings. The fourth-order valence-corrected chi connectivity index (χ4v) is 3.13. The van der Waals surface area contributed by atoms with Gasteiger partial charge >= 0.3 is 0 Å². The first kappa shape index (κ1) is 19.3. The zero-order chi connectivity index (χ0) is 18.8. The van der Waals surface area contributed by atoms with Crippen molar-refractivity contribution in [3.05, 3.63) is 63.7 Å². The van der Waals surface area contributed by atoms with Gasteiger partial charge in [0.1, 0.15) is 0 Å². The summed E-state index contributed by atoms with van der Waals surface area (Å²) in [6.45, 7) is 5.93. The lowest BCUT2D eigenvalue weighted by molar-refractivity contribution is 0.0940. The van der Waals surface area contributed by atoms with E-state index in [9.17, 15) is 13.2 Å². The first-order valence-corrected chi connectivity index (χ1v) is 9.99. The Morgan fingerprint density at radius 2 is 1.76 bits per heavy atom. The van der Waals surface area contributed by atoms with Crippen molar-refractivity contribution in [3.63, 3.8) is 0 Å². The molecule has 0 aliphatic heterocycles. The van der Waals surface area contributed by atoms with Crippen LogP contribution in [0.3, 0.4) is 0 Å². The Balaban J connectivity index is 2.22. The van der Waals surface area contributed by atoms with Gasteiger partial charge in [-0.3, -0.25) is 9.52 Å². The molecule has 2 aromatic carbocycles. The maximum atomic E-state index is 12.5. The van der Waals surface area contributed by atoms with Crippen LogP contribution in [0.1, 0.15) is 40.0 Å². The van der Waals surface area contributed by atoms with Gasteiger partial charge in [0.15, 0.2) is 0 Å². The monoisotopic (exact) mass is 380 g/mol. The topological polar surface area (TPSA) is 75.3 Å². The molecule has 1 unspecified atom stereocenters. The zero-order valence-corrected chi connectivity index (χ0v) is 16.1. The van der Waals surface area contributed by atoms with Crippen molar-refractivity contribution in [1.82, 2.24) is 5.32 Å².